The molecule has 2 unspecified atom stereocenters. The molecule has 0 saturated carbocycles. The molecule has 1 saturated heterocycles. The SMILES string of the molecule is Cc1csc(CCl)c1S(=O)(=O)N1CC(C)CC1C. The average molecular weight is 308 g/mol. The Labute approximate surface area is 118 Å². The molecule has 0 amide bonds. The van der Waals surface area contributed by atoms with Crippen LogP contribution in [0.5, 0.6) is 0 Å². The van der Waals surface area contributed by atoms with Gasteiger partial charge < -0.3 is 0 Å². The molecule has 1 aliphatic rings. The molecule has 1 aromatic heterocycles. The van der Waals surface area contributed by atoms with Crippen molar-refractivity contribution in [2.75, 3.05) is 6.54 Å². The second kappa shape index (κ2) is 5.12. The molecule has 0 N–H and O–H groups in total. The van der Waals surface area contributed by atoms with Gasteiger partial charge in [0, 0.05) is 17.5 Å². The van der Waals surface area contributed by atoms with Crippen LogP contribution < -0.4 is 0 Å². The topological polar surface area (TPSA) is 37.4 Å². The third-order valence-electron chi connectivity index (χ3n) is 3.40. The summed E-state index contributed by atoms with van der Waals surface area (Å²) in [6.07, 6.45) is 0.929. The van der Waals surface area contributed by atoms with Gasteiger partial charge in [-0.15, -0.1) is 22.9 Å². The summed E-state index contributed by atoms with van der Waals surface area (Å²) in [5.74, 6) is 0.679. The molecular formula is C12H18ClNO2S2. The Bertz CT molecular complexity index is 538. The Morgan fingerprint density at radius 3 is 2.67 bits per heavy atom. The number of hydrogen-bond acceptors (Lipinski definition) is 3. The van der Waals surface area contributed by atoms with Gasteiger partial charge in [-0.1, -0.05) is 6.92 Å². The minimum atomic E-state index is -3.39. The van der Waals surface area contributed by atoms with Crippen LogP contribution in [-0.2, 0) is 15.9 Å². The smallest absolute Gasteiger partial charge is 0.207 e. The minimum absolute atomic E-state index is 0.0764. The number of alkyl halides is 1. The Balaban J connectivity index is 2.45. The molecule has 18 heavy (non-hydrogen) atoms. The van der Waals surface area contributed by atoms with Gasteiger partial charge in [0.25, 0.3) is 0 Å². The summed E-state index contributed by atoms with van der Waals surface area (Å²) < 4.78 is 27.1. The molecule has 0 radical (unpaired) electrons. The first-order valence-corrected chi connectivity index (χ1v) is 8.88. The summed E-state index contributed by atoms with van der Waals surface area (Å²) in [4.78, 5) is 1.18. The predicted octanol–water partition coefficient (Wildman–Crippen LogP) is 3.21. The van der Waals surface area contributed by atoms with Crippen LogP contribution in [0.3, 0.4) is 0 Å². The van der Waals surface area contributed by atoms with Crippen molar-refractivity contribution in [1.29, 1.82) is 0 Å². The highest BCUT2D eigenvalue weighted by Crippen LogP contribution is 2.35. The lowest BCUT2D eigenvalue weighted by Crippen LogP contribution is -2.34. The third-order valence-corrected chi connectivity index (χ3v) is 7.27. The van der Waals surface area contributed by atoms with Gasteiger partial charge in [0.2, 0.25) is 10.0 Å². The van der Waals surface area contributed by atoms with Crippen molar-refractivity contribution < 1.29 is 8.42 Å². The summed E-state index contributed by atoms with van der Waals surface area (Å²) in [7, 11) is -3.39. The molecule has 102 valence electrons. The zero-order valence-corrected chi connectivity index (χ0v) is 13.2. The van der Waals surface area contributed by atoms with Crippen molar-refractivity contribution in [3.8, 4) is 0 Å². The molecule has 3 nitrogen and oxygen atoms in total. The maximum absolute atomic E-state index is 12.7. The molecule has 2 heterocycles. The van der Waals surface area contributed by atoms with E-state index in [4.69, 9.17) is 11.6 Å². The van der Waals surface area contributed by atoms with E-state index in [0.29, 0.717) is 17.4 Å². The molecule has 0 bridgehead atoms. The van der Waals surface area contributed by atoms with E-state index in [1.54, 1.807) is 4.31 Å². The Kier molecular flexibility index (Phi) is 4.07. The summed E-state index contributed by atoms with van der Waals surface area (Å²) in [6.45, 7) is 6.52. The van der Waals surface area contributed by atoms with E-state index < -0.39 is 10.0 Å². The van der Waals surface area contributed by atoms with Crippen LogP contribution >= 0.6 is 22.9 Å². The van der Waals surface area contributed by atoms with Crippen LogP contribution in [0.1, 0.15) is 30.7 Å². The molecule has 1 aromatic rings. The summed E-state index contributed by atoms with van der Waals surface area (Å²) >= 11 is 7.28. The average Bonchev–Trinajstić information content (AvgIpc) is 2.82. The van der Waals surface area contributed by atoms with Gasteiger partial charge in [-0.05, 0) is 37.1 Å². The highest BCUT2D eigenvalue weighted by molar-refractivity contribution is 7.89. The molecule has 6 heteroatoms. The molecular weight excluding hydrogens is 290 g/mol. The van der Waals surface area contributed by atoms with Gasteiger partial charge >= 0.3 is 0 Å². The van der Waals surface area contributed by atoms with E-state index in [2.05, 4.69) is 6.92 Å². The summed E-state index contributed by atoms with van der Waals surface area (Å²) in [5.41, 5.74) is 0.808. The number of sulfonamides is 1. The van der Waals surface area contributed by atoms with Crippen LogP contribution in [0.25, 0.3) is 0 Å². The second-order valence-corrected chi connectivity index (χ2v) is 8.13. The van der Waals surface area contributed by atoms with Crippen LogP contribution in [0, 0.1) is 12.8 Å². The second-order valence-electron chi connectivity index (χ2n) is 5.07. The monoisotopic (exact) mass is 307 g/mol. The molecule has 2 atom stereocenters. The Hall–Kier alpha value is -0.100. The Morgan fingerprint density at radius 2 is 2.17 bits per heavy atom. The van der Waals surface area contributed by atoms with Crippen molar-refractivity contribution >= 4 is 33.0 Å². The molecule has 0 aliphatic carbocycles. The fourth-order valence-electron chi connectivity index (χ4n) is 2.64. The lowest BCUT2D eigenvalue weighted by atomic mass is 10.1. The fourth-order valence-corrected chi connectivity index (χ4v) is 6.42. The van der Waals surface area contributed by atoms with E-state index in [-0.39, 0.29) is 11.9 Å². The molecule has 2 rings (SSSR count). The first-order valence-electron chi connectivity index (χ1n) is 6.02. The number of rotatable bonds is 3. The number of halogens is 1. The predicted molar refractivity (Wildman–Crippen MR) is 75.7 cm³/mol. The Morgan fingerprint density at radius 1 is 1.50 bits per heavy atom. The maximum atomic E-state index is 12.7. The van der Waals surface area contributed by atoms with Crippen LogP contribution in [0.4, 0.5) is 0 Å². The van der Waals surface area contributed by atoms with E-state index in [1.807, 2.05) is 19.2 Å². The minimum Gasteiger partial charge on any atom is -0.207 e. The largest absolute Gasteiger partial charge is 0.244 e. The zero-order valence-electron chi connectivity index (χ0n) is 10.8. The van der Waals surface area contributed by atoms with E-state index in [1.165, 1.54) is 11.3 Å². The lowest BCUT2D eigenvalue weighted by molar-refractivity contribution is 0.405. The van der Waals surface area contributed by atoms with Crippen molar-refractivity contribution in [2.24, 2.45) is 5.92 Å². The number of aryl methyl sites for hydroxylation is 1. The van der Waals surface area contributed by atoms with Crippen molar-refractivity contribution in [1.82, 2.24) is 4.31 Å². The molecule has 1 aliphatic heterocycles. The lowest BCUT2D eigenvalue weighted by Gasteiger charge is -2.21. The van der Waals surface area contributed by atoms with Gasteiger partial charge in [0.05, 0.1) is 5.88 Å². The standard InChI is InChI=1S/C12H18ClNO2S2/c1-8-4-10(3)14(6-8)18(15,16)12-9(2)7-17-11(12)5-13/h7-8,10H,4-6H2,1-3H3. The summed E-state index contributed by atoms with van der Waals surface area (Å²) in [6, 6.07) is 0.0764. The van der Waals surface area contributed by atoms with Crippen LogP contribution in [0.2, 0.25) is 0 Å². The van der Waals surface area contributed by atoms with Gasteiger partial charge in [-0.25, -0.2) is 8.42 Å². The van der Waals surface area contributed by atoms with Crippen LogP contribution in [-0.4, -0.2) is 25.3 Å². The van der Waals surface area contributed by atoms with Crippen LogP contribution in [0.15, 0.2) is 10.3 Å². The molecule has 0 aromatic carbocycles. The highest BCUT2D eigenvalue weighted by atomic mass is 35.5. The zero-order chi connectivity index (χ0) is 13.5. The van der Waals surface area contributed by atoms with E-state index in [0.717, 1.165) is 16.9 Å². The van der Waals surface area contributed by atoms with Crippen molar-refractivity contribution in [3.05, 3.63) is 15.8 Å². The number of thiophene rings is 1. The van der Waals surface area contributed by atoms with E-state index >= 15 is 0 Å². The van der Waals surface area contributed by atoms with E-state index in [9.17, 15) is 8.42 Å². The molecule has 0 spiro atoms. The quantitative estimate of drug-likeness (QED) is 0.804. The third kappa shape index (κ3) is 2.33. The number of hydrogen-bond donors (Lipinski definition) is 0. The summed E-state index contributed by atoms with van der Waals surface area (Å²) in [5, 5.41) is 1.87. The maximum Gasteiger partial charge on any atom is 0.244 e. The fraction of sp³-hybridized carbons (Fsp3) is 0.667. The molecule has 1 fully saturated rings. The first-order chi connectivity index (χ1) is 8.37. The highest BCUT2D eigenvalue weighted by Gasteiger charge is 2.38. The number of nitrogens with zero attached hydrogens (tertiary/aromatic N) is 1. The first kappa shape index (κ1) is 14.3. The van der Waals surface area contributed by atoms with Gasteiger partial charge in [-0.2, -0.15) is 4.31 Å². The van der Waals surface area contributed by atoms with Crippen molar-refractivity contribution in [3.63, 3.8) is 0 Å². The van der Waals surface area contributed by atoms with Crippen molar-refractivity contribution in [2.45, 2.75) is 44.0 Å². The normalized spacial score (nSPS) is 25.8. The van der Waals surface area contributed by atoms with Gasteiger partial charge in [-0.3, -0.25) is 0 Å². The van der Waals surface area contributed by atoms with Gasteiger partial charge in [0.1, 0.15) is 4.90 Å². The van der Waals surface area contributed by atoms with Gasteiger partial charge in [0.15, 0.2) is 0 Å².